The number of methoxy groups -OCH3 is 1. The number of pyridine rings is 1. The van der Waals surface area contributed by atoms with E-state index < -0.39 is 17.6 Å². The molecule has 0 aliphatic carbocycles. The number of ketones is 1. The zero-order valence-corrected chi connectivity index (χ0v) is 18.3. The Morgan fingerprint density at radius 1 is 1.18 bits per heavy atom. The predicted molar refractivity (Wildman–Crippen MR) is 118 cm³/mol. The summed E-state index contributed by atoms with van der Waals surface area (Å²) in [5.74, 6) is 3.48. The van der Waals surface area contributed by atoms with E-state index in [0.717, 1.165) is 24.8 Å². The molecular weight excluding hydrogens is 429 g/mol. The van der Waals surface area contributed by atoms with Crippen LogP contribution in [0, 0.1) is 11.7 Å². The molecule has 2 aliphatic rings. The average Bonchev–Trinajstić information content (AvgIpc) is 3.14. The summed E-state index contributed by atoms with van der Waals surface area (Å²) in [5.41, 5.74) is 6.85. The normalized spacial score (nSPS) is 18.2. The van der Waals surface area contributed by atoms with Crippen molar-refractivity contribution in [2.24, 2.45) is 17.5 Å². The van der Waals surface area contributed by atoms with Crippen LogP contribution < -0.4 is 21.3 Å². The van der Waals surface area contributed by atoms with E-state index in [-0.39, 0.29) is 35.5 Å². The summed E-state index contributed by atoms with van der Waals surface area (Å²) >= 11 is 0. The molecule has 0 saturated carbocycles. The Hall–Kier alpha value is -3.53. The third kappa shape index (κ3) is 4.51. The van der Waals surface area contributed by atoms with E-state index in [1.165, 1.54) is 30.3 Å². The standard InChI is InChI=1S/C23H26FN5O4/c1-33-22-17(11-16-18(19(30)20(25)31)12-29(26)21(16)27-22)23(32)28-8-6-14(7-9-28)10-13-2-4-15(24)5-3-13/h2-5,11,14,18H,6-10,12,26H2,1H3,(H2,25,31). The van der Waals surface area contributed by atoms with E-state index in [1.807, 2.05) is 0 Å². The molecule has 1 saturated heterocycles. The van der Waals surface area contributed by atoms with Gasteiger partial charge in [-0.05, 0) is 48.9 Å². The molecule has 10 heteroatoms. The van der Waals surface area contributed by atoms with Gasteiger partial charge in [0.15, 0.2) is 5.82 Å². The van der Waals surface area contributed by atoms with Crippen molar-refractivity contribution in [3.05, 3.63) is 52.8 Å². The highest BCUT2D eigenvalue weighted by Crippen LogP contribution is 2.37. The maximum absolute atomic E-state index is 13.3. The maximum Gasteiger partial charge on any atom is 0.285 e. The largest absolute Gasteiger partial charge is 0.480 e. The smallest absolute Gasteiger partial charge is 0.285 e. The van der Waals surface area contributed by atoms with Crippen LogP contribution in [0.3, 0.4) is 0 Å². The number of nitrogens with zero attached hydrogens (tertiary/aromatic N) is 3. The van der Waals surface area contributed by atoms with Crippen LogP contribution >= 0.6 is 0 Å². The van der Waals surface area contributed by atoms with Crippen molar-refractivity contribution in [3.63, 3.8) is 0 Å². The molecule has 1 aromatic carbocycles. The number of carbonyl (C=O) groups excluding carboxylic acids is 3. The summed E-state index contributed by atoms with van der Waals surface area (Å²) in [6.45, 7) is 1.15. The second-order valence-electron chi connectivity index (χ2n) is 8.46. The summed E-state index contributed by atoms with van der Waals surface area (Å²) < 4.78 is 18.5. The molecule has 4 rings (SSSR count). The number of benzene rings is 1. The van der Waals surface area contributed by atoms with Gasteiger partial charge in [0.2, 0.25) is 11.7 Å². The SMILES string of the molecule is COc1nc2c(cc1C(=O)N1CCC(Cc3ccc(F)cc3)CC1)C(C(=O)C(N)=O)CN2N. The maximum atomic E-state index is 13.3. The van der Waals surface area contributed by atoms with Crippen LogP contribution in [-0.4, -0.2) is 54.2 Å². The Morgan fingerprint density at radius 3 is 2.45 bits per heavy atom. The van der Waals surface area contributed by atoms with Gasteiger partial charge in [-0.15, -0.1) is 0 Å². The van der Waals surface area contributed by atoms with E-state index >= 15 is 0 Å². The molecule has 2 amide bonds. The predicted octanol–water partition coefficient (Wildman–Crippen LogP) is 1.16. The number of carbonyl (C=O) groups is 3. The molecule has 174 valence electrons. The molecule has 3 heterocycles. The van der Waals surface area contributed by atoms with Gasteiger partial charge >= 0.3 is 0 Å². The number of anilines is 1. The lowest BCUT2D eigenvalue weighted by molar-refractivity contribution is -0.136. The number of hydrogen-bond donors (Lipinski definition) is 2. The average molecular weight is 455 g/mol. The molecule has 4 N–H and O–H groups in total. The van der Waals surface area contributed by atoms with Gasteiger partial charge in [-0.2, -0.15) is 4.98 Å². The van der Waals surface area contributed by atoms with Gasteiger partial charge in [-0.3, -0.25) is 19.4 Å². The van der Waals surface area contributed by atoms with Crippen LogP contribution in [0.1, 0.15) is 40.2 Å². The van der Waals surface area contributed by atoms with Crippen LogP contribution in [0.25, 0.3) is 0 Å². The highest BCUT2D eigenvalue weighted by molar-refractivity contribution is 6.38. The lowest BCUT2D eigenvalue weighted by atomic mass is 9.90. The molecule has 1 atom stereocenters. The fourth-order valence-electron chi connectivity index (χ4n) is 4.54. The van der Waals surface area contributed by atoms with Crippen LogP contribution in [0.4, 0.5) is 10.2 Å². The monoisotopic (exact) mass is 455 g/mol. The summed E-state index contributed by atoms with van der Waals surface area (Å²) in [5, 5.41) is 1.25. The van der Waals surface area contributed by atoms with Gasteiger partial charge < -0.3 is 15.4 Å². The van der Waals surface area contributed by atoms with Crippen molar-refractivity contribution in [1.82, 2.24) is 9.88 Å². The second kappa shape index (κ2) is 9.14. The quantitative estimate of drug-likeness (QED) is 0.493. The van der Waals surface area contributed by atoms with Crippen molar-refractivity contribution in [3.8, 4) is 5.88 Å². The van der Waals surface area contributed by atoms with Crippen LogP contribution in [-0.2, 0) is 16.0 Å². The van der Waals surface area contributed by atoms with Gasteiger partial charge in [0, 0.05) is 18.7 Å². The number of amides is 2. The van der Waals surface area contributed by atoms with Gasteiger partial charge in [0.1, 0.15) is 11.4 Å². The summed E-state index contributed by atoms with van der Waals surface area (Å²) in [6, 6.07) is 8.03. The number of rotatable bonds is 6. The highest BCUT2D eigenvalue weighted by Gasteiger charge is 2.38. The number of nitrogens with two attached hydrogens (primary N) is 2. The summed E-state index contributed by atoms with van der Waals surface area (Å²) in [6.07, 6.45) is 2.45. The Kier molecular flexibility index (Phi) is 6.28. The van der Waals surface area contributed by atoms with E-state index in [0.29, 0.717) is 24.6 Å². The molecule has 1 unspecified atom stereocenters. The number of likely N-dealkylation sites (tertiary alicyclic amines) is 1. The van der Waals surface area contributed by atoms with Gasteiger partial charge in [-0.1, -0.05) is 12.1 Å². The van der Waals surface area contributed by atoms with E-state index in [2.05, 4.69) is 4.98 Å². The molecule has 9 nitrogen and oxygen atoms in total. The highest BCUT2D eigenvalue weighted by atomic mass is 19.1. The first-order chi connectivity index (χ1) is 15.8. The molecule has 0 spiro atoms. The minimum atomic E-state index is -1.06. The van der Waals surface area contributed by atoms with Crippen LogP contribution in [0.5, 0.6) is 5.88 Å². The van der Waals surface area contributed by atoms with Gasteiger partial charge in [-0.25, -0.2) is 10.2 Å². The first-order valence-electron chi connectivity index (χ1n) is 10.8. The van der Waals surface area contributed by atoms with Crippen molar-refractivity contribution in [1.29, 1.82) is 0 Å². The van der Waals surface area contributed by atoms with Gasteiger partial charge in [0.05, 0.1) is 19.6 Å². The third-order valence-corrected chi connectivity index (χ3v) is 6.35. The van der Waals surface area contributed by atoms with Crippen LogP contribution in [0.2, 0.25) is 0 Å². The number of hydrazine groups is 1. The molecule has 2 aliphatic heterocycles. The lowest BCUT2D eigenvalue weighted by Crippen LogP contribution is -2.39. The summed E-state index contributed by atoms with van der Waals surface area (Å²) in [7, 11) is 1.41. The minimum absolute atomic E-state index is 0.0414. The van der Waals surface area contributed by atoms with Crippen molar-refractivity contribution in [2.45, 2.75) is 25.2 Å². The first-order valence-corrected chi connectivity index (χ1v) is 10.8. The topological polar surface area (TPSA) is 132 Å². The molecule has 0 radical (unpaired) electrons. The number of Topliss-reactive ketones (excluding diaryl/α,β-unsaturated/α-hetero) is 1. The molecule has 0 bridgehead atoms. The molecule has 33 heavy (non-hydrogen) atoms. The number of halogens is 1. The number of piperidine rings is 1. The third-order valence-electron chi connectivity index (χ3n) is 6.35. The molecule has 2 aromatic rings. The number of hydrogen-bond acceptors (Lipinski definition) is 7. The summed E-state index contributed by atoms with van der Waals surface area (Å²) in [4.78, 5) is 43.1. The molecule has 1 aromatic heterocycles. The Labute approximate surface area is 190 Å². The van der Waals surface area contributed by atoms with E-state index in [4.69, 9.17) is 16.3 Å². The second-order valence-corrected chi connectivity index (χ2v) is 8.46. The Bertz CT molecular complexity index is 1080. The Morgan fingerprint density at radius 2 is 1.85 bits per heavy atom. The molecule has 1 fully saturated rings. The van der Waals surface area contributed by atoms with E-state index in [9.17, 15) is 18.8 Å². The fraction of sp³-hybridized carbons (Fsp3) is 0.391. The van der Waals surface area contributed by atoms with Crippen molar-refractivity contribution < 1.29 is 23.5 Å². The van der Waals surface area contributed by atoms with Gasteiger partial charge in [0.25, 0.3) is 11.8 Å². The minimum Gasteiger partial charge on any atom is -0.480 e. The van der Waals surface area contributed by atoms with E-state index in [1.54, 1.807) is 17.0 Å². The fourth-order valence-corrected chi connectivity index (χ4v) is 4.54. The number of fused-ring (bicyclic) bond motifs is 1. The van der Waals surface area contributed by atoms with Crippen molar-refractivity contribution in [2.75, 3.05) is 31.8 Å². The van der Waals surface area contributed by atoms with Crippen molar-refractivity contribution >= 4 is 23.4 Å². The number of ether oxygens (including phenoxy) is 1. The zero-order chi connectivity index (χ0) is 23.7. The lowest BCUT2D eigenvalue weighted by Gasteiger charge is -2.32. The first kappa shape index (κ1) is 22.7. The molecular formula is C23H26FN5O4. The zero-order valence-electron chi connectivity index (χ0n) is 18.3. The van der Waals surface area contributed by atoms with Crippen LogP contribution in [0.15, 0.2) is 30.3 Å². The number of primary amides is 1. The number of aromatic nitrogens is 1. The Balaban J connectivity index is 1.50.